The third-order valence-electron chi connectivity index (χ3n) is 2.22. The van der Waals surface area contributed by atoms with E-state index in [1.807, 2.05) is 13.8 Å². The molecule has 0 saturated heterocycles. The minimum Gasteiger partial charge on any atom is -0.456 e. The summed E-state index contributed by atoms with van der Waals surface area (Å²) in [5.41, 5.74) is 0. The van der Waals surface area contributed by atoms with E-state index in [4.69, 9.17) is 9.47 Å². The average Bonchev–Trinajstić information content (AvgIpc) is 2.51. The Hall–Kier alpha value is -0.750. The molecule has 1 rings (SSSR count). The molecule has 1 aliphatic heterocycles. The van der Waals surface area contributed by atoms with Crippen LogP contribution in [0.1, 0.15) is 20.3 Å². The van der Waals surface area contributed by atoms with Crippen molar-refractivity contribution in [2.75, 3.05) is 12.9 Å². The second kappa shape index (κ2) is 4.40. The predicted octanol–water partition coefficient (Wildman–Crippen LogP) is 1.22. The fourth-order valence-electron chi connectivity index (χ4n) is 1.33. The van der Waals surface area contributed by atoms with Crippen LogP contribution in [0.25, 0.3) is 0 Å². The summed E-state index contributed by atoms with van der Waals surface area (Å²) in [4.78, 5) is 0. The van der Waals surface area contributed by atoms with Crippen LogP contribution in [0.4, 0.5) is 0 Å². The molecule has 0 aromatic rings. The lowest BCUT2D eigenvalue weighted by molar-refractivity contribution is -0.181. The highest BCUT2D eigenvalue weighted by Crippen LogP contribution is 2.32. The number of rotatable bonds is 5. The largest absolute Gasteiger partial charge is 0.456 e. The molecule has 1 heterocycles. The molecule has 0 unspecified atom stereocenters. The summed E-state index contributed by atoms with van der Waals surface area (Å²) in [5, 5.41) is 0. The van der Waals surface area contributed by atoms with Crippen molar-refractivity contribution in [2.24, 2.45) is 5.92 Å². The van der Waals surface area contributed by atoms with Crippen LogP contribution in [0, 0.1) is 5.92 Å². The van der Waals surface area contributed by atoms with Crippen LogP contribution in [-0.2, 0) is 23.8 Å². The van der Waals surface area contributed by atoms with E-state index >= 15 is 0 Å². The first-order valence-corrected chi connectivity index (χ1v) is 6.52. The molecule has 0 fully saturated rings. The SMILES string of the molecule is CC(C)C1(CCOS(C)(=O)=O)OC=CO1. The van der Waals surface area contributed by atoms with E-state index < -0.39 is 15.9 Å². The highest BCUT2D eigenvalue weighted by atomic mass is 32.2. The van der Waals surface area contributed by atoms with E-state index in [9.17, 15) is 8.42 Å². The molecule has 88 valence electrons. The molecular weight excluding hydrogens is 220 g/mol. The molecule has 5 nitrogen and oxygen atoms in total. The zero-order valence-corrected chi connectivity index (χ0v) is 9.91. The van der Waals surface area contributed by atoms with Crippen molar-refractivity contribution in [3.8, 4) is 0 Å². The van der Waals surface area contributed by atoms with Gasteiger partial charge >= 0.3 is 0 Å². The van der Waals surface area contributed by atoms with Gasteiger partial charge in [-0.2, -0.15) is 8.42 Å². The molecule has 0 saturated carbocycles. The first kappa shape index (κ1) is 12.3. The highest BCUT2D eigenvalue weighted by molar-refractivity contribution is 7.85. The molecule has 0 aromatic carbocycles. The van der Waals surface area contributed by atoms with Gasteiger partial charge < -0.3 is 9.47 Å². The van der Waals surface area contributed by atoms with Crippen LogP contribution >= 0.6 is 0 Å². The molecule has 0 bridgehead atoms. The molecule has 0 aliphatic carbocycles. The average molecular weight is 236 g/mol. The van der Waals surface area contributed by atoms with Gasteiger partial charge in [-0.1, -0.05) is 13.8 Å². The maximum absolute atomic E-state index is 10.8. The summed E-state index contributed by atoms with van der Waals surface area (Å²) in [5.74, 6) is -0.680. The zero-order valence-electron chi connectivity index (χ0n) is 9.10. The van der Waals surface area contributed by atoms with Gasteiger partial charge in [0.15, 0.2) is 0 Å². The van der Waals surface area contributed by atoms with E-state index in [-0.39, 0.29) is 12.5 Å². The van der Waals surface area contributed by atoms with Crippen LogP contribution in [-0.4, -0.2) is 27.1 Å². The molecule has 0 amide bonds. The van der Waals surface area contributed by atoms with E-state index in [0.29, 0.717) is 6.42 Å². The summed E-state index contributed by atoms with van der Waals surface area (Å²) in [7, 11) is -3.40. The van der Waals surface area contributed by atoms with Gasteiger partial charge in [0.1, 0.15) is 12.5 Å². The maximum atomic E-state index is 10.8. The molecule has 1 aliphatic rings. The lowest BCUT2D eigenvalue weighted by atomic mass is 10.00. The van der Waals surface area contributed by atoms with Crippen LogP contribution < -0.4 is 0 Å². The second-order valence-electron chi connectivity index (χ2n) is 3.75. The maximum Gasteiger partial charge on any atom is 0.264 e. The molecule has 6 heteroatoms. The van der Waals surface area contributed by atoms with E-state index in [1.165, 1.54) is 12.5 Å². The van der Waals surface area contributed by atoms with Gasteiger partial charge in [0, 0.05) is 12.3 Å². The summed E-state index contributed by atoms with van der Waals surface area (Å²) >= 11 is 0. The predicted molar refractivity (Wildman–Crippen MR) is 54.3 cm³/mol. The lowest BCUT2D eigenvalue weighted by Crippen LogP contribution is -2.37. The summed E-state index contributed by atoms with van der Waals surface area (Å²) in [6.45, 7) is 3.93. The molecular formula is C9H16O5S. The van der Waals surface area contributed by atoms with Crippen molar-refractivity contribution in [1.29, 1.82) is 0 Å². The third-order valence-corrected chi connectivity index (χ3v) is 2.81. The number of hydrogen-bond acceptors (Lipinski definition) is 5. The van der Waals surface area contributed by atoms with Crippen molar-refractivity contribution >= 4 is 10.1 Å². The quantitative estimate of drug-likeness (QED) is 0.672. The Morgan fingerprint density at radius 1 is 1.33 bits per heavy atom. The first-order valence-electron chi connectivity index (χ1n) is 4.71. The Morgan fingerprint density at radius 2 is 1.87 bits per heavy atom. The molecule has 15 heavy (non-hydrogen) atoms. The van der Waals surface area contributed by atoms with E-state index in [2.05, 4.69) is 4.18 Å². The normalized spacial score (nSPS) is 18.9. The fourth-order valence-corrected chi connectivity index (χ4v) is 1.71. The second-order valence-corrected chi connectivity index (χ2v) is 5.39. The fraction of sp³-hybridized carbons (Fsp3) is 0.778. The molecule has 0 spiro atoms. The van der Waals surface area contributed by atoms with E-state index in [0.717, 1.165) is 6.26 Å². The van der Waals surface area contributed by atoms with Gasteiger partial charge in [-0.05, 0) is 0 Å². The summed E-state index contributed by atoms with van der Waals surface area (Å²) in [6.07, 6.45) is 4.30. The van der Waals surface area contributed by atoms with Gasteiger partial charge in [-0.3, -0.25) is 4.18 Å². The van der Waals surface area contributed by atoms with Crippen molar-refractivity contribution < 1.29 is 22.1 Å². The van der Waals surface area contributed by atoms with Gasteiger partial charge in [0.05, 0.1) is 12.9 Å². The Morgan fingerprint density at radius 3 is 2.27 bits per heavy atom. The Bertz CT molecular complexity index is 322. The van der Waals surface area contributed by atoms with E-state index in [1.54, 1.807) is 0 Å². The zero-order chi connectivity index (χ0) is 11.5. The van der Waals surface area contributed by atoms with Crippen molar-refractivity contribution in [2.45, 2.75) is 26.1 Å². The Balaban J connectivity index is 2.47. The van der Waals surface area contributed by atoms with Crippen molar-refractivity contribution in [3.63, 3.8) is 0 Å². The topological polar surface area (TPSA) is 61.8 Å². The van der Waals surface area contributed by atoms with Crippen LogP contribution in [0.15, 0.2) is 12.5 Å². The van der Waals surface area contributed by atoms with Crippen LogP contribution in [0.5, 0.6) is 0 Å². The summed E-state index contributed by atoms with van der Waals surface area (Å²) < 4.78 is 36.8. The summed E-state index contributed by atoms with van der Waals surface area (Å²) in [6, 6.07) is 0. The van der Waals surface area contributed by atoms with Crippen LogP contribution in [0.3, 0.4) is 0 Å². The van der Waals surface area contributed by atoms with Gasteiger partial charge in [-0.25, -0.2) is 0 Å². The third kappa shape index (κ3) is 3.39. The molecule has 0 N–H and O–H groups in total. The van der Waals surface area contributed by atoms with Gasteiger partial charge in [0.25, 0.3) is 15.9 Å². The minimum atomic E-state index is -3.40. The number of hydrogen-bond donors (Lipinski definition) is 0. The monoisotopic (exact) mass is 236 g/mol. The van der Waals surface area contributed by atoms with Crippen molar-refractivity contribution in [3.05, 3.63) is 12.5 Å². The van der Waals surface area contributed by atoms with Crippen LogP contribution in [0.2, 0.25) is 0 Å². The highest BCUT2D eigenvalue weighted by Gasteiger charge is 2.39. The Kier molecular flexibility index (Phi) is 3.62. The smallest absolute Gasteiger partial charge is 0.264 e. The molecule has 0 radical (unpaired) electrons. The van der Waals surface area contributed by atoms with Gasteiger partial charge in [-0.15, -0.1) is 0 Å². The van der Waals surface area contributed by atoms with Gasteiger partial charge in [0.2, 0.25) is 0 Å². The van der Waals surface area contributed by atoms with Crippen molar-refractivity contribution in [1.82, 2.24) is 0 Å². The number of ether oxygens (including phenoxy) is 2. The Labute approximate surface area is 90.1 Å². The minimum absolute atomic E-state index is 0.0543. The standard InChI is InChI=1S/C9H16O5S/c1-8(2)9(12-6-7-13-9)4-5-14-15(3,10)11/h6-8H,4-5H2,1-3H3. The molecule has 0 atom stereocenters. The lowest BCUT2D eigenvalue weighted by Gasteiger charge is -2.31. The molecule has 0 aromatic heterocycles. The first-order chi connectivity index (χ1) is 6.86.